The summed E-state index contributed by atoms with van der Waals surface area (Å²) in [5.41, 5.74) is 1.28. The molecule has 0 spiro atoms. The fourth-order valence-corrected chi connectivity index (χ4v) is 2.14. The lowest BCUT2D eigenvalue weighted by Gasteiger charge is -2.04. The van der Waals surface area contributed by atoms with Crippen molar-refractivity contribution >= 4 is 33.9 Å². The maximum Gasteiger partial charge on any atom is 0.300 e. The highest BCUT2D eigenvalue weighted by atomic mass is 35.5. The zero-order valence-electron chi connectivity index (χ0n) is 9.73. The van der Waals surface area contributed by atoms with E-state index in [9.17, 15) is 4.79 Å². The molecule has 10 heteroatoms. The van der Waals surface area contributed by atoms with Crippen molar-refractivity contribution in [1.29, 1.82) is 0 Å². The third-order valence-corrected chi connectivity index (χ3v) is 3.12. The first-order chi connectivity index (χ1) is 9.75. The van der Waals surface area contributed by atoms with Crippen LogP contribution in [-0.2, 0) is 0 Å². The van der Waals surface area contributed by atoms with Crippen LogP contribution in [0.15, 0.2) is 30.1 Å². The Kier molecular flexibility index (Phi) is 2.12. The molecule has 0 aromatic carbocycles. The molecule has 98 valence electrons. The quantitative estimate of drug-likeness (QED) is 0.502. The summed E-state index contributed by atoms with van der Waals surface area (Å²) in [6, 6.07) is 0. The van der Waals surface area contributed by atoms with E-state index in [2.05, 4.69) is 29.9 Å². The van der Waals surface area contributed by atoms with Gasteiger partial charge in [-0.15, -0.1) is 0 Å². The van der Waals surface area contributed by atoms with E-state index < -0.39 is 5.56 Å². The fourth-order valence-electron chi connectivity index (χ4n) is 1.96. The Balaban J connectivity index is 2.10. The van der Waals surface area contributed by atoms with Crippen molar-refractivity contribution in [2.75, 3.05) is 0 Å². The molecule has 0 bridgehead atoms. The topological polar surface area (TPSA) is 107 Å². The molecule has 4 aromatic heterocycles. The van der Waals surface area contributed by atoms with Gasteiger partial charge in [0.05, 0.1) is 6.33 Å². The van der Waals surface area contributed by atoms with Crippen LogP contribution in [0.25, 0.3) is 22.3 Å². The van der Waals surface area contributed by atoms with Crippen LogP contribution in [0.1, 0.15) is 0 Å². The second kappa shape index (κ2) is 3.84. The number of nitrogens with zero attached hydrogens (tertiary/aromatic N) is 7. The van der Waals surface area contributed by atoms with E-state index in [1.807, 2.05) is 0 Å². The number of imidazole rings is 2. The summed E-state index contributed by atoms with van der Waals surface area (Å²) in [5.74, 6) is 0. The van der Waals surface area contributed by atoms with E-state index in [1.165, 1.54) is 25.3 Å². The van der Waals surface area contributed by atoms with Gasteiger partial charge in [0.15, 0.2) is 22.0 Å². The highest BCUT2D eigenvalue weighted by molar-refractivity contribution is 6.33. The van der Waals surface area contributed by atoms with Gasteiger partial charge in [-0.3, -0.25) is 4.79 Å². The molecule has 4 heterocycles. The number of fused-ring (bicyclic) bond motifs is 2. The Morgan fingerprint density at radius 3 is 2.70 bits per heavy atom. The minimum Gasteiger partial charge on any atom is -0.329 e. The molecule has 0 amide bonds. The van der Waals surface area contributed by atoms with Gasteiger partial charge in [0.2, 0.25) is 0 Å². The molecule has 0 aliphatic rings. The lowest BCUT2D eigenvalue weighted by Crippen LogP contribution is -2.11. The molecular formula is C10H5ClN8O. The van der Waals surface area contributed by atoms with Crippen molar-refractivity contribution in [2.24, 2.45) is 0 Å². The maximum atomic E-state index is 11.6. The zero-order chi connectivity index (χ0) is 13.7. The van der Waals surface area contributed by atoms with Crippen molar-refractivity contribution in [3.8, 4) is 0 Å². The van der Waals surface area contributed by atoms with Gasteiger partial charge in [-0.25, -0.2) is 29.3 Å². The number of nitrogens with one attached hydrogen (secondary N) is 1. The predicted molar refractivity (Wildman–Crippen MR) is 69.3 cm³/mol. The molecule has 0 fully saturated rings. The fraction of sp³-hybridized carbons (Fsp3) is 0. The van der Waals surface area contributed by atoms with Gasteiger partial charge < -0.3 is 4.98 Å². The maximum absolute atomic E-state index is 11.6. The van der Waals surface area contributed by atoms with Crippen molar-refractivity contribution in [1.82, 2.24) is 39.3 Å². The molecular weight excluding hydrogens is 284 g/mol. The van der Waals surface area contributed by atoms with Crippen molar-refractivity contribution in [3.63, 3.8) is 0 Å². The van der Waals surface area contributed by atoms with Gasteiger partial charge in [-0.2, -0.15) is 4.98 Å². The molecule has 4 rings (SSSR count). The molecule has 20 heavy (non-hydrogen) atoms. The number of H-pyrrole nitrogens is 1. The van der Waals surface area contributed by atoms with Gasteiger partial charge in [-0.1, -0.05) is 11.6 Å². The van der Waals surface area contributed by atoms with Crippen LogP contribution in [0.3, 0.4) is 0 Å². The second-order valence-electron chi connectivity index (χ2n) is 3.92. The summed E-state index contributed by atoms with van der Waals surface area (Å²) in [4.78, 5) is 34.3. The lowest BCUT2D eigenvalue weighted by atomic mass is 10.5. The Morgan fingerprint density at radius 2 is 1.80 bits per heavy atom. The van der Waals surface area contributed by atoms with Crippen LogP contribution in [0.5, 0.6) is 0 Å². The number of hydrogen-bond acceptors (Lipinski definition) is 6. The van der Waals surface area contributed by atoms with E-state index >= 15 is 0 Å². The molecule has 0 aliphatic carbocycles. The number of rotatable bonds is 1. The Hall–Kier alpha value is -2.81. The van der Waals surface area contributed by atoms with Gasteiger partial charge in [0, 0.05) is 0 Å². The number of hydrogen-bond donors (Lipinski definition) is 1. The SMILES string of the molecule is O=c1nc[nH]c2c1ncn2-n1cnc2c(Cl)ncnc21. The van der Waals surface area contributed by atoms with Gasteiger partial charge in [0.25, 0.3) is 0 Å². The minimum atomic E-state index is -0.408. The van der Waals surface area contributed by atoms with Crippen LogP contribution in [0, 0.1) is 0 Å². The zero-order valence-corrected chi connectivity index (χ0v) is 10.5. The van der Waals surface area contributed by atoms with Crippen molar-refractivity contribution < 1.29 is 0 Å². The summed E-state index contributed by atoms with van der Waals surface area (Å²) in [6.07, 6.45) is 5.64. The van der Waals surface area contributed by atoms with Crippen molar-refractivity contribution in [3.05, 3.63) is 40.8 Å². The Bertz CT molecular complexity index is 999. The van der Waals surface area contributed by atoms with Crippen LogP contribution in [0.2, 0.25) is 5.15 Å². The molecule has 0 saturated heterocycles. The van der Waals surface area contributed by atoms with E-state index in [0.717, 1.165) is 0 Å². The van der Waals surface area contributed by atoms with Crippen LogP contribution in [0.4, 0.5) is 0 Å². The molecule has 0 atom stereocenters. The van der Waals surface area contributed by atoms with Crippen LogP contribution >= 0.6 is 11.6 Å². The normalized spacial score (nSPS) is 11.4. The van der Waals surface area contributed by atoms with Gasteiger partial charge in [-0.05, 0) is 0 Å². The first-order valence-corrected chi connectivity index (χ1v) is 5.88. The highest BCUT2D eigenvalue weighted by Crippen LogP contribution is 2.18. The standard InChI is InChI=1S/C10H5ClN8O/c11-7-5-8(13-1-12-7)18(3-16-5)19-4-17-6-9(19)14-2-15-10(6)20/h1-4H,(H,14,15,20). The smallest absolute Gasteiger partial charge is 0.300 e. The molecule has 1 N–H and O–H groups in total. The largest absolute Gasteiger partial charge is 0.329 e. The molecule has 0 unspecified atom stereocenters. The lowest BCUT2D eigenvalue weighted by molar-refractivity contribution is 0.687. The Labute approximate surface area is 114 Å². The number of aromatic nitrogens is 8. The van der Waals surface area contributed by atoms with E-state index in [0.29, 0.717) is 16.8 Å². The molecule has 0 radical (unpaired) electrons. The number of halogens is 1. The third-order valence-electron chi connectivity index (χ3n) is 2.84. The summed E-state index contributed by atoms with van der Waals surface area (Å²) in [5, 5.41) is 0.258. The molecule has 0 aliphatic heterocycles. The van der Waals surface area contributed by atoms with Crippen LogP contribution < -0.4 is 5.56 Å². The predicted octanol–water partition coefficient (Wildman–Crippen LogP) is 0.224. The van der Waals surface area contributed by atoms with Crippen LogP contribution in [-0.4, -0.2) is 39.3 Å². The first kappa shape index (κ1) is 11.1. The summed E-state index contributed by atoms with van der Waals surface area (Å²) in [6.45, 7) is 0. The van der Waals surface area contributed by atoms with Crippen molar-refractivity contribution in [2.45, 2.75) is 0 Å². The average Bonchev–Trinajstić information content (AvgIpc) is 3.03. The van der Waals surface area contributed by atoms with Gasteiger partial charge >= 0.3 is 5.56 Å². The average molecular weight is 289 g/mol. The van der Waals surface area contributed by atoms with E-state index in [4.69, 9.17) is 11.6 Å². The Morgan fingerprint density at radius 1 is 1.00 bits per heavy atom. The third kappa shape index (κ3) is 1.37. The summed E-state index contributed by atoms with van der Waals surface area (Å²) < 4.78 is 3.20. The van der Waals surface area contributed by atoms with E-state index in [-0.39, 0.29) is 10.7 Å². The second-order valence-corrected chi connectivity index (χ2v) is 4.28. The number of aromatic amines is 1. The monoisotopic (exact) mass is 288 g/mol. The minimum absolute atomic E-state index is 0.231. The van der Waals surface area contributed by atoms with Gasteiger partial charge in [0.1, 0.15) is 24.5 Å². The van der Waals surface area contributed by atoms with E-state index in [1.54, 1.807) is 9.35 Å². The molecule has 9 nitrogen and oxygen atoms in total. The summed E-state index contributed by atoms with van der Waals surface area (Å²) in [7, 11) is 0. The molecule has 4 aromatic rings. The molecule has 0 saturated carbocycles. The summed E-state index contributed by atoms with van der Waals surface area (Å²) >= 11 is 5.96. The first-order valence-electron chi connectivity index (χ1n) is 5.50. The highest BCUT2D eigenvalue weighted by Gasteiger charge is 2.13.